The maximum Gasteiger partial charge on any atom is 0.237 e. The first-order valence-electron chi connectivity index (χ1n) is 6.85. The number of amides is 1. The predicted molar refractivity (Wildman–Crippen MR) is 73.7 cm³/mol. The molecule has 0 saturated carbocycles. The van der Waals surface area contributed by atoms with E-state index in [1.165, 1.54) is 0 Å². The molecule has 1 heterocycles. The molecule has 0 spiro atoms. The minimum Gasteiger partial charge on any atom is -0.467 e. The van der Waals surface area contributed by atoms with Crippen molar-refractivity contribution in [3.05, 3.63) is 24.2 Å². The molecule has 0 bridgehead atoms. The highest BCUT2D eigenvalue weighted by Gasteiger charge is 2.11. The molecular formula is C14H24N2O3. The van der Waals surface area contributed by atoms with Gasteiger partial charge in [-0.15, -0.1) is 0 Å². The Bertz CT molecular complexity index is 338. The van der Waals surface area contributed by atoms with Crippen molar-refractivity contribution in [3.63, 3.8) is 0 Å². The van der Waals surface area contributed by atoms with Crippen LogP contribution in [0, 0.1) is 0 Å². The quantitative estimate of drug-likeness (QED) is 0.634. The van der Waals surface area contributed by atoms with Gasteiger partial charge in [-0.3, -0.25) is 4.79 Å². The SMILES string of the molecule is CCCCOCCNC(C)C(=O)NCc1ccco1. The fourth-order valence-corrected chi connectivity index (χ4v) is 1.53. The van der Waals surface area contributed by atoms with Gasteiger partial charge in [-0.2, -0.15) is 0 Å². The van der Waals surface area contributed by atoms with E-state index in [1.807, 2.05) is 13.0 Å². The number of rotatable bonds is 10. The van der Waals surface area contributed by atoms with Gasteiger partial charge in [0.2, 0.25) is 5.91 Å². The van der Waals surface area contributed by atoms with Crippen molar-refractivity contribution in [2.45, 2.75) is 39.3 Å². The standard InChI is InChI=1S/C14H24N2O3/c1-3-4-8-18-10-7-15-12(2)14(17)16-11-13-6-5-9-19-13/h5-6,9,12,15H,3-4,7-8,10-11H2,1-2H3,(H,16,17). The second-order valence-corrected chi connectivity index (χ2v) is 4.44. The molecule has 0 saturated heterocycles. The Hall–Kier alpha value is -1.33. The maximum absolute atomic E-state index is 11.7. The molecule has 2 N–H and O–H groups in total. The first-order chi connectivity index (χ1) is 9.24. The van der Waals surface area contributed by atoms with Crippen LogP contribution in [0.3, 0.4) is 0 Å². The fraction of sp³-hybridized carbons (Fsp3) is 0.643. The number of carbonyl (C=O) groups excluding carboxylic acids is 1. The summed E-state index contributed by atoms with van der Waals surface area (Å²) in [4.78, 5) is 11.7. The monoisotopic (exact) mass is 268 g/mol. The Morgan fingerprint density at radius 2 is 2.32 bits per heavy atom. The molecule has 0 fully saturated rings. The summed E-state index contributed by atoms with van der Waals surface area (Å²) in [7, 11) is 0. The van der Waals surface area contributed by atoms with E-state index in [4.69, 9.17) is 9.15 Å². The van der Waals surface area contributed by atoms with E-state index in [9.17, 15) is 4.79 Å². The molecule has 1 atom stereocenters. The third-order valence-corrected chi connectivity index (χ3v) is 2.75. The number of furan rings is 1. The average Bonchev–Trinajstić information content (AvgIpc) is 2.93. The summed E-state index contributed by atoms with van der Waals surface area (Å²) in [6, 6.07) is 3.40. The lowest BCUT2D eigenvalue weighted by atomic mass is 10.3. The third kappa shape index (κ3) is 6.98. The first-order valence-corrected chi connectivity index (χ1v) is 6.85. The molecule has 1 amide bonds. The highest BCUT2D eigenvalue weighted by molar-refractivity contribution is 5.81. The first kappa shape index (κ1) is 15.7. The molecule has 1 unspecified atom stereocenters. The van der Waals surface area contributed by atoms with Gasteiger partial charge in [0.1, 0.15) is 5.76 Å². The molecule has 0 aliphatic carbocycles. The van der Waals surface area contributed by atoms with Crippen molar-refractivity contribution in [2.75, 3.05) is 19.8 Å². The molecule has 19 heavy (non-hydrogen) atoms. The zero-order valence-electron chi connectivity index (χ0n) is 11.8. The van der Waals surface area contributed by atoms with E-state index in [0.29, 0.717) is 19.7 Å². The minimum absolute atomic E-state index is 0.0371. The fourth-order valence-electron chi connectivity index (χ4n) is 1.53. The highest BCUT2D eigenvalue weighted by atomic mass is 16.5. The Balaban J connectivity index is 2.04. The van der Waals surface area contributed by atoms with Gasteiger partial charge in [0, 0.05) is 13.2 Å². The van der Waals surface area contributed by atoms with Crippen LogP contribution in [0.1, 0.15) is 32.4 Å². The molecule has 0 aliphatic heterocycles. The van der Waals surface area contributed by atoms with E-state index in [2.05, 4.69) is 17.6 Å². The van der Waals surface area contributed by atoms with Gasteiger partial charge in [0.05, 0.1) is 25.5 Å². The van der Waals surface area contributed by atoms with Gasteiger partial charge in [-0.25, -0.2) is 0 Å². The van der Waals surface area contributed by atoms with Crippen molar-refractivity contribution < 1.29 is 13.9 Å². The molecule has 0 aromatic carbocycles. The van der Waals surface area contributed by atoms with Crippen LogP contribution >= 0.6 is 0 Å². The number of unbranched alkanes of at least 4 members (excludes halogenated alkanes) is 1. The molecular weight excluding hydrogens is 244 g/mol. The van der Waals surface area contributed by atoms with Gasteiger partial charge in [-0.1, -0.05) is 13.3 Å². The summed E-state index contributed by atoms with van der Waals surface area (Å²) in [5, 5.41) is 5.93. The zero-order valence-corrected chi connectivity index (χ0v) is 11.8. The van der Waals surface area contributed by atoms with E-state index < -0.39 is 0 Å². The van der Waals surface area contributed by atoms with Crippen LogP contribution in [-0.2, 0) is 16.1 Å². The lowest BCUT2D eigenvalue weighted by Gasteiger charge is -2.13. The summed E-state index contributed by atoms with van der Waals surface area (Å²) >= 11 is 0. The molecule has 108 valence electrons. The summed E-state index contributed by atoms with van der Waals surface area (Å²) in [5.74, 6) is 0.716. The van der Waals surface area contributed by atoms with Crippen LogP contribution in [0.15, 0.2) is 22.8 Å². The van der Waals surface area contributed by atoms with Gasteiger partial charge >= 0.3 is 0 Å². The summed E-state index contributed by atoms with van der Waals surface area (Å²) in [6.45, 7) is 6.49. The zero-order chi connectivity index (χ0) is 13.9. The molecule has 0 aliphatic rings. The Labute approximate surface area is 114 Å². The maximum atomic E-state index is 11.7. The van der Waals surface area contributed by atoms with E-state index in [0.717, 1.165) is 25.2 Å². The normalized spacial score (nSPS) is 12.3. The van der Waals surface area contributed by atoms with Gasteiger partial charge in [0.25, 0.3) is 0 Å². The number of hydrogen-bond acceptors (Lipinski definition) is 4. The molecule has 1 rings (SSSR count). The van der Waals surface area contributed by atoms with Crippen molar-refractivity contribution in [2.24, 2.45) is 0 Å². The topological polar surface area (TPSA) is 63.5 Å². The van der Waals surface area contributed by atoms with Crippen LogP contribution in [0.25, 0.3) is 0 Å². The highest BCUT2D eigenvalue weighted by Crippen LogP contribution is 1.98. The summed E-state index contributed by atoms with van der Waals surface area (Å²) < 4.78 is 10.6. The second-order valence-electron chi connectivity index (χ2n) is 4.44. The smallest absolute Gasteiger partial charge is 0.237 e. The van der Waals surface area contributed by atoms with Crippen LogP contribution in [0.5, 0.6) is 0 Å². The largest absolute Gasteiger partial charge is 0.467 e. The number of carbonyl (C=O) groups is 1. The molecule has 5 heteroatoms. The molecule has 1 aromatic rings. The number of nitrogens with one attached hydrogen (secondary N) is 2. The third-order valence-electron chi connectivity index (χ3n) is 2.75. The van der Waals surface area contributed by atoms with Gasteiger partial charge < -0.3 is 19.8 Å². The summed E-state index contributed by atoms with van der Waals surface area (Å²) in [6.07, 6.45) is 3.81. The Morgan fingerprint density at radius 3 is 3.00 bits per heavy atom. The lowest BCUT2D eigenvalue weighted by molar-refractivity contribution is -0.123. The van der Waals surface area contributed by atoms with Crippen LogP contribution in [-0.4, -0.2) is 31.7 Å². The number of ether oxygens (including phenoxy) is 1. The molecule has 0 radical (unpaired) electrons. The molecule has 1 aromatic heterocycles. The lowest BCUT2D eigenvalue weighted by Crippen LogP contribution is -2.43. The van der Waals surface area contributed by atoms with E-state index in [1.54, 1.807) is 12.3 Å². The van der Waals surface area contributed by atoms with Crippen LogP contribution < -0.4 is 10.6 Å². The van der Waals surface area contributed by atoms with Crippen LogP contribution in [0.4, 0.5) is 0 Å². The second kappa shape index (κ2) is 9.58. The van der Waals surface area contributed by atoms with Crippen molar-refractivity contribution in [1.82, 2.24) is 10.6 Å². The van der Waals surface area contributed by atoms with E-state index in [-0.39, 0.29) is 11.9 Å². The van der Waals surface area contributed by atoms with Crippen molar-refractivity contribution >= 4 is 5.91 Å². The van der Waals surface area contributed by atoms with Crippen LogP contribution in [0.2, 0.25) is 0 Å². The molecule has 5 nitrogen and oxygen atoms in total. The minimum atomic E-state index is -0.232. The summed E-state index contributed by atoms with van der Waals surface area (Å²) in [5.41, 5.74) is 0. The Morgan fingerprint density at radius 1 is 1.47 bits per heavy atom. The van der Waals surface area contributed by atoms with E-state index >= 15 is 0 Å². The average molecular weight is 268 g/mol. The van der Waals surface area contributed by atoms with Gasteiger partial charge in [0.15, 0.2) is 0 Å². The van der Waals surface area contributed by atoms with Crippen molar-refractivity contribution in [1.29, 1.82) is 0 Å². The van der Waals surface area contributed by atoms with Gasteiger partial charge in [-0.05, 0) is 25.5 Å². The predicted octanol–water partition coefficient (Wildman–Crippen LogP) is 1.69. The van der Waals surface area contributed by atoms with Crippen molar-refractivity contribution in [3.8, 4) is 0 Å². The Kier molecular flexibility index (Phi) is 7.93. The number of hydrogen-bond donors (Lipinski definition) is 2.